The molecule has 0 radical (unpaired) electrons. The molecule has 4 rings (SSSR count). The highest BCUT2D eigenvalue weighted by Gasteiger charge is 2.30. The maximum atomic E-state index is 13.2. The third kappa shape index (κ3) is 5.35. The van der Waals surface area contributed by atoms with Crippen LogP contribution in [0.25, 0.3) is 0 Å². The van der Waals surface area contributed by atoms with Gasteiger partial charge in [-0.15, -0.1) is 10.8 Å². The van der Waals surface area contributed by atoms with E-state index < -0.39 is 10.8 Å². The van der Waals surface area contributed by atoms with Crippen molar-refractivity contribution in [3.63, 3.8) is 0 Å². The molecule has 0 spiro atoms. The lowest BCUT2D eigenvalue weighted by Gasteiger charge is -2.45. The van der Waals surface area contributed by atoms with Gasteiger partial charge in [0.25, 0.3) is 5.91 Å². The molecule has 180 valence electrons. The van der Waals surface area contributed by atoms with E-state index in [1.807, 2.05) is 19.1 Å². The van der Waals surface area contributed by atoms with E-state index in [-0.39, 0.29) is 5.91 Å². The second-order valence-corrected chi connectivity index (χ2v) is 12.0. The molecule has 2 saturated heterocycles. The number of aryl methyl sites for hydroxylation is 1. The molecule has 0 saturated carbocycles. The molecule has 2 fully saturated rings. The van der Waals surface area contributed by atoms with Crippen LogP contribution in [0.4, 0.5) is 11.5 Å². The van der Waals surface area contributed by atoms with Crippen LogP contribution in [0.3, 0.4) is 0 Å². The molecule has 2 aliphatic heterocycles. The second kappa shape index (κ2) is 9.62. The molecule has 1 aromatic heterocycles. The molecule has 3 heterocycles. The van der Waals surface area contributed by atoms with Crippen molar-refractivity contribution < 1.29 is 13.9 Å². The summed E-state index contributed by atoms with van der Waals surface area (Å²) in [6.45, 7) is 9.51. The predicted molar refractivity (Wildman–Crippen MR) is 135 cm³/mol. The van der Waals surface area contributed by atoms with Crippen molar-refractivity contribution >= 4 is 28.2 Å². The molecule has 0 aliphatic carbocycles. The quantitative estimate of drug-likeness (QED) is 0.511. The largest absolute Gasteiger partial charge is 0.356 e. The van der Waals surface area contributed by atoms with Gasteiger partial charge in [-0.05, 0) is 67.9 Å². The number of nitrogens with zero attached hydrogens (tertiary/aromatic N) is 3. The maximum Gasteiger partial charge on any atom is 0.259 e. The summed E-state index contributed by atoms with van der Waals surface area (Å²) >= 11 is 0. The summed E-state index contributed by atoms with van der Waals surface area (Å²) in [5.74, 6) is 0.461. The van der Waals surface area contributed by atoms with Crippen molar-refractivity contribution in [1.82, 2.24) is 9.29 Å². The van der Waals surface area contributed by atoms with Crippen molar-refractivity contribution in [3.05, 3.63) is 47.7 Å². The van der Waals surface area contributed by atoms with Crippen LogP contribution in [0.15, 0.2) is 41.4 Å². The Hall–Kier alpha value is -2.13. The molecule has 1 aromatic carbocycles. The zero-order chi connectivity index (χ0) is 23.6. The lowest BCUT2D eigenvalue weighted by Crippen LogP contribution is -2.38. The van der Waals surface area contributed by atoms with Crippen LogP contribution in [0.1, 0.15) is 61.9 Å². The average Bonchev–Trinajstić information content (AvgIpc) is 2.81. The van der Waals surface area contributed by atoms with Crippen LogP contribution in [0.2, 0.25) is 0 Å². The number of carbonyl (C=O) groups is 1. The Morgan fingerprint density at radius 1 is 1.06 bits per heavy atom. The van der Waals surface area contributed by atoms with Crippen LogP contribution in [-0.2, 0) is 0 Å². The Morgan fingerprint density at radius 3 is 2.45 bits per heavy atom. The Kier molecular flexibility index (Phi) is 7.00. The number of benzene rings is 1. The number of hydrogen-bond acceptors (Lipinski definition) is 6. The number of piperidine rings is 2. The lowest BCUT2D eigenvalue weighted by atomic mass is 9.82. The van der Waals surface area contributed by atoms with Gasteiger partial charge in [-0.1, -0.05) is 26.3 Å². The molecule has 2 aliphatic rings. The summed E-state index contributed by atoms with van der Waals surface area (Å²) in [6, 6.07) is 8.92. The number of anilines is 2. The van der Waals surface area contributed by atoms with Crippen molar-refractivity contribution in [2.45, 2.75) is 57.8 Å². The number of nitrogens with one attached hydrogen (secondary N) is 1. The molecule has 0 unspecified atom stereocenters. The Morgan fingerprint density at radius 2 is 1.76 bits per heavy atom. The lowest BCUT2D eigenvalue weighted by molar-refractivity contribution is 0.102. The van der Waals surface area contributed by atoms with Crippen molar-refractivity contribution in [2.24, 2.45) is 5.41 Å². The van der Waals surface area contributed by atoms with Gasteiger partial charge >= 0.3 is 0 Å². The van der Waals surface area contributed by atoms with Crippen LogP contribution >= 0.6 is 10.8 Å². The van der Waals surface area contributed by atoms with Gasteiger partial charge < -0.3 is 10.2 Å². The van der Waals surface area contributed by atoms with Crippen LogP contribution in [0.5, 0.6) is 0 Å². The molecular weight excluding hydrogens is 436 g/mol. The van der Waals surface area contributed by atoms with E-state index in [0.717, 1.165) is 50.8 Å². The summed E-state index contributed by atoms with van der Waals surface area (Å²) < 4.78 is 23.9. The van der Waals surface area contributed by atoms with Crippen molar-refractivity contribution in [3.8, 4) is 0 Å². The number of carbonyl (C=O) groups excluding carboxylic acids is 1. The number of rotatable bonds is 5. The van der Waals surface area contributed by atoms with E-state index in [4.69, 9.17) is 0 Å². The van der Waals surface area contributed by atoms with Gasteiger partial charge in [-0.2, -0.15) is 0 Å². The zero-order valence-electron chi connectivity index (χ0n) is 19.9. The molecular formula is C25H36N4O3S. The van der Waals surface area contributed by atoms with E-state index in [0.29, 0.717) is 40.5 Å². The smallest absolute Gasteiger partial charge is 0.259 e. The Bertz CT molecular complexity index is 995. The molecule has 0 bridgehead atoms. The highest BCUT2D eigenvalue weighted by atomic mass is 32.3. The summed E-state index contributed by atoms with van der Waals surface area (Å²) in [5.41, 5.74) is 2.19. The summed E-state index contributed by atoms with van der Waals surface area (Å²) in [7, 11) is -3.09. The summed E-state index contributed by atoms with van der Waals surface area (Å²) in [6.07, 6.45) is 6.87. The number of pyridine rings is 1. The highest BCUT2D eigenvalue weighted by Crippen LogP contribution is 2.54. The normalized spacial score (nSPS) is 19.8. The number of amides is 1. The number of aromatic nitrogens is 1. The van der Waals surface area contributed by atoms with Gasteiger partial charge in [-0.25, -0.2) is 9.29 Å². The van der Waals surface area contributed by atoms with Gasteiger partial charge in [0.2, 0.25) is 0 Å². The van der Waals surface area contributed by atoms with Crippen LogP contribution in [0, 0.1) is 12.3 Å². The van der Waals surface area contributed by atoms with Gasteiger partial charge in [0.15, 0.2) is 0 Å². The van der Waals surface area contributed by atoms with Crippen LogP contribution < -0.4 is 10.2 Å². The monoisotopic (exact) mass is 472 g/mol. The van der Waals surface area contributed by atoms with E-state index in [1.165, 1.54) is 0 Å². The van der Waals surface area contributed by atoms with E-state index in [2.05, 4.69) is 29.0 Å². The van der Waals surface area contributed by atoms with Crippen molar-refractivity contribution in [1.29, 1.82) is 0 Å². The molecule has 3 N–H and O–H groups in total. The molecule has 33 heavy (non-hydrogen) atoms. The summed E-state index contributed by atoms with van der Waals surface area (Å²) in [4.78, 5) is 20.4. The maximum absolute atomic E-state index is 13.2. The first-order chi connectivity index (χ1) is 15.7. The fourth-order valence-corrected chi connectivity index (χ4v) is 6.41. The molecule has 0 atom stereocenters. The van der Waals surface area contributed by atoms with E-state index in [1.54, 1.807) is 28.7 Å². The minimum Gasteiger partial charge on any atom is -0.356 e. The number of hydrogen-bond donors (Lipinski definition) is 3. The first-order valence-electron chi connectivity index (χ1n) is 11.8. The summed E-state index contributed by atoms with van der Waals surface area (Å²) in [5, 5.41) is 2.96. The third-order valence-corrected chi connectivity index (χ3v) is 8.98. The highest BCUT2D eigenvalue weighted by molar-refractivity contribution is 8.22. The fraction of sp³-hybridized carbons (Fsp3) is 0.520. The van der Waals surface area contributed by atoms with E-state index >= 15 is 0 Å². The Balaban J connectivity index is 1.55. The van der Waals surface area contributed by atoms with Gasteiger partial charge in [0, 0.05) is 38.1 Å². The predicted octanol–water partition coefficient (Wildman–Crippen LogP) is 5.78. The SMILES string of the molecule is Cc1ccc(NC(=O)c2cccnc2N2CCC(C)(C)CC2)cc1S(O)(O)N1CCCCC1. The zero-order valence-corrected chi connectivity index (χ0v) is 20.7. The fourth-order valence-electron chi connectivity index (χ4n) is 4.58. The Labute approximate surface area is 198 Å². The standard InChI is InChI=1S/C25H36N4O3S/c1-19-9-10-20(18-22(19)33(31,32)29-14-5-4-6-15-29)27-24(30)21-8-7-13-26-23(21)28-16-11-25(2,3)12-17-28/h7-10,13,18,31-32H,4-6,11-12,14-17H2,1-3H3,(H,27,30). The minimum absolute atomic E-state index is 0.243. The second-order valence-electron chi connectivity index (χ2n) is 9.97. The average molecular weight is 473 g/mol. The van der Waals surface area contributed by atoms with Gasteiger partial charge in [-0.3, -0.25) is 13.9 Å². The van der Waals surface area contributed by atoms with E-state index in [9.17, 15) is 13.9 Å². The van der Waals surface area contributed by atoms with Crippen LogP contribution in [-0.4, -0.2) is 50.5 Å². The van der Waals surface area contributed by atoms with Crippen molar-refractivity contribution in [2.75, 3.05) is 36.4 Å². The first kappa shape index (κ1) is 24.0. The topological polar surface area (TPSA) is 88.9 Å². The molecule has 7 nitrogen and oxygen atoms in total. The molecule has 1 amide bonds. The minimum atomic E-state index is -3.09. The molecule has 8 heteroatoms. The first-order valence-corrected chi connectivity index (χ1v) is 13.3. The van der Waals surface area contributed by atoms with Gasteiger partial charge in [0.1, 0.15) is 5.82 Å². The third-order valence-electron chi connectivity index (χ3n) is 6.86. The van der Waals surface area contributed by atoms with Gasteiger partial charge in [0.05, 0.1) is 10.5 Å². The molecule has 2 aromatic rings.